The van der Waals surface area contributed by atoms with Gasteiger partial charge in [0.1, 0.15) is 10.7 Å². The highest BCUT2D eigenvalue weighted by Gasteiger charge is 2.25. The fourth-order valence-electron chi connectivity index (χ4n) is 2.29. The highest BCUT2D eigenvalue weighted by molar-refractivity contribution is 7.18. The van der Waals surface area contributed by atoms with Gasteiger partial charge in [-0.1, -0.05) is 11.3 Å². The lowest BCUT2D eigenvalue weighted by Gasteiger charge is -2.20. The minimum atomic E-state index is -0.0976. The van der Waals surface area contributed by atoms with E-state index in [1.54, 1.807) is 16.7 Å². The number of aromatic nitrogens is 1. The van der Waals surface area contributed by atoms with Gasteiger partial charge < -0.3 is 20.9 Å². The van der Waals surface area contributed by atoms with Crippen molar-refractivity contribution in [1.82, 2.24) is 14.8 Å². The molecule has 7 nitrogen and oxygen atoms in total. The van der Waals surface area contributed by atoms with Gasteiger partial charge in [-0.15, -0.1) is 0 Å². The Balaban J connectivity index is 2.07. The molecule has 2 amide bonds. The highest BCUT2D eigenvalue weighted by atomic mass is 32.1. The lowest BCUT2D eigenvalue weighted by Crippen LogP contribution is -2.36. The van der Waals surface area contributed by atoms with Crippen molar-refractivity contribution in [1.29, 1.82) is 0 Å². The van der Waals surface area contributed by atoms with Crippen LogP contribution in [-0.4, -0.2) is 59.3 Å². The van der Waals surface area contributed by atoms with Crippen molar-refractivity contribution in [2.24, 2.45) is 0 Å². The Morgan fingerprint density at radius 2 is 1.95 bits per heavy atom. The van der Waals surface area contributed by atoms with Crippen molar-refractivity contribution in [2.45, 2.75) is 20.3 Å². The summed E-state index contributed by atoms with van der Waals surface area (Å²) in [5.41, 5.74) is 5.84. The van der Waals surface area contributed by atoms with Crippen molar-refractivity contribution >= 4 is 34.1 Å². The quantitative estimate of drug-likeness (QED) is 0.863. The molecule has 1 aromatic heterocycles. The fraction of sp³-hybridized carbons (Fsp3) is 0.615. The largest absolute Gasteiger partial charge is 0.382 e. The summed E-state index contributed by atoms with van der Waals surface area (Å²) in [6.45, 7) is 6.69. The van der Waals surface area contributed by atoms with Crippen LogP contribution in [0.2, 0.25) is 0 Å². The van der Waals surface area contributed by atoms with E-state index in [1.165, 1.54) is 11.3 Å². The first-order chi connectivity index (χ1) is 10.0. The molecule has 1 saturated heterocycles. The number of nitrogens with one attached hydrogen (secondary N) is 1. The molecule has 0 aliphatic carbocycles. The smallest absolute Gasteiger partial charge is 0.267 e. The standard InChI is InChI=1S/C13H21N5O2S/c1-3-15-13-16-11(14)10(21-13)12(20)18-6-4-5-17(7-8-18)9(2)19/h3-8,14H2,1-2H3,(H,15,16). The van der Waals surface area contributed by atoms with Gasteiger partial charge in [-0.2, -0.15) is 0 Å². The molecule has 2 rings (SSSR count). The minimum absolute atomic E-state index is 0.0519. The number of carbonyl (C=O) groups excluding carboxylic acids is 2. The molecule has 1 aliphatic heterocycles. The van der Waals surface area contributed by atoms with Crippen molar-refractivity contribution in [3.63, 3.8) is 0 Å². The summed E-state index contributed by atoms with van der Waals surface area (Å²) in [7, 11) is 0. The zero-order valence-electron chi connectivity index (χ0n) is 12.4. The monoisotopic (exact) mass is 311 g/mol. The first kappa shape index (κ1) is 15.6. The molecular weight excluding hydrogens is 290 g/mol. The van der Waals surface area contributed by atoms with Crippen LogP contribution in [0.5, 0.6) is 0 Å². The number of rotatable bonds is 3. The number of hydrogen-bond acceptors (Lipinski definition) is 6. The average Bonchev–Trinajstić information content (AvgIpc) is 2.65. The molecule has 0 radical (unpaired) electrons. The lowest BCUT2D eigenvalue weighted by atomic mass is 10.3. The van der Waals surface area contributed by atoms with E-state index in [0.717, 1.165) is 13.0 Å². The topological polar surface area (TPSA) is 91.6 Å². The number of nitrogens with two attached hydrogens (primary N) is 1. The summed E-state index contributed by atoms with van der Waals surface area (Å²) in [4.78, 5) is 32.1. The predicted octanol–water partition coefficient (Wildman–Crippen LogP) is 0.851. The summed E-state index contributed by atoms with van der Waals surface area (Å²) >= 11 is 1.28. The Labute approximate surface area is 128 Å². The molecule has 1 aromatic rings. The van der Waals surface area contributed by atoms with E-state index in [1.807, 2.05) is 6.92 Å². The summed E-state index contributed by atoms with van der Waals surface area (Å²) in [5.74, 6) is 0.226. The minimum Gasteiger partial charge on any atom is -0.382 e. The molecule has 0 unspecified atom stereocenters. The Bertz CT molecular complexity index is 531. The Kier molecular flexibility index (Phi) is 5.00. The second-order valence-corrected chi connectivity index (χ2v) is 5.91. The van der Waals surface area contributed by atoms with Crippen LogP contribution in [0.25, 0.3) is 0 Å². The van der Waals surface area contributed by atoms with Crippen LogP contribution in [0.4, 0.5) is 10.9 Å². The zero-order valence-corrected chi connectivity index (χ0v) is 13.2. The van der Waals surface area contributed by atoms with Gasteiger partial charge in [0.2, 0.25) is 5.91 Å². The second kappa shape index (κ2) is 6.75. The highest BCUT2D eigenvalue weighted by Crippen LogP contribution is 2.26. The van der Waals surface area contributed by atoms with Gasteiger partial charge in [0, 0.05) is 39.6 Å². The maximum absolute atomic E-state index is 12.6. The van der Waals surface area contributed by atoms with E-state index in [4.69, 9.17) is 5.73 Å². The van der Waals surface area contributed by atoms with Gasteiger partial charge in [-0.3, -0.25) is 9.59 Å². The molecule has 0 aromatic carbocycles. The Hall–Kier alpha value is -1.83. The SMILES string of the molecule is CCNc1nc(N)c(C(=O)N2CCCN(C(C)=O)CC2)s1. The zero-order chi connectivity index (χ0) is 15.4. The normalized spacial score (nSPS) is 15.7. The van der Waals surface area contributed by atoms with E-state index in [0.29, 0.717) is 36.2 Å². The molecule has 116 valence electrons. The van der Waals surface area contributed by atoms with E-state index < -0.39 is 0 Å². The second-order valence-electron chi connectivity index (χ2n) is 4.92. The van der Waals surface area contributed by atoms with Crippen LogP contribution in [0.1, 0.15) is 29.9 Å². The average molecular weight is 311 g/mol. The van der Waals surface area contributed by atoms with E-state index >= 15 is 0 Å². The predicted molar refractivity (Wildman–Crippen MR) is 83.5 cm³/mol. The molecule has 8 heteroatoms. The molecule has 21 heavy (non-hydrogen) atoms. The number of nitrogens with zero attached hydrogens (tertiary/aromatic N) is 3. The van der Waals surface area contributed by atoms with Crippen molar-refractivity contribution in [3.8, 4) is 0 Å². The van der Waals surface area contributed by atoms with Gasteiger partial charge in [0.25, 0.3) is 5.91 Å². The number of thiazole rings is 1. The van der Waals surface area contributed by atoms with Crippen molar-refractivity contribution in [3.05, 3.63) is 4.88 Å². The van der Waals surface area contributed by atoms with Crippen LogP contribution in [0.3, 0.4) is 0 Å². The molecule has 0 spiro atoms. The van der Waals surface area contributed by atoms with Gasteiger partial charge in [-0.25, -0.2) is 4.98 Å². The third kappa shape index (κ3) is 3.63. The first-order valence-corrected chi connectivity index (χ1v) is 7.89. The van der Waals surface area contributed by atoms with Crippen LogP contribution in [0, 0.1) is 0 Å². The Morgan fingerprint density at radius 3 is 2.62 bits per heavy atom. The lowest BCUT2D eigenvalue weighted by molar-refractivity contribution is -0.128. The molecule has 2 heterocycles. The Morgan fingerprint density at radius 1 is 1.29 bits per heavy atom. The molecule has 1 aliphatic rings. The van der Waals surface area contributed by atoms with Gasteiger partial charge in [0.05, 0.1) is 0 Å². The summed E-state index contributed by atoms with van der Waals surface area (Å²) in [6.07, 6.45) is 0.782. The summed E-state index contributed by atoms with van der Waals surface area (Å²) in [6, 6.07) is 0. The molecule has 0 saturated carbocycles. The van der Waals surface area contributed by atoms with E-state index in [2.05, 4.69) is 10.3 Å². The number of anilines is 2. The van der Waals surface area contributed by atoms with Crippen molar-refractivity contribution in [2.75, 3.05) is 43.8 Å². The van der Waals surface area contributed by atoms with Gasteiger partial charge in [-0.05, 0) is 13.3 Å². The first-order valence-electron chi connectivity index (χ1n) is 7.08. The van der Waals surface area contributed by atoms with E-state index in [-0.39, 0.29) is 17.6 Å². The number of carbonyl (C=O) groups is 2. The van der Waals surface area contributed by atoms with Crippen molar-refractivity contribution < 1.29 is 9.59 Å². The third-order valence-corrected chi connectivity index (χ3v) is 4.42. The summed E-state index contributed by atoms with van der Waals surface area (Å²) in [5, 5.41) is 3.73. The van der Waals surface area contributed by atoms with Crippen LogP contribution in [-0.2, 0) is 4.79 Å². The number of amides is 2. The third-order valence-electron chi connectivity index (χ3n) is 3.40. The fourth-order valence-corrected chi connectivity index (χ4v) is 3.21. The van der Waals surface area contributed by atoms with Gasteiger partial charge in [0.15, 0.2) is 5.13 Å². The van der Waals surface area contributed by atoms with Crippen LogP contribution >= 0.6 is 11.3 Å². The molecule has 1 fully saturated rings. The maximum Gasteiger partial charge on any atom is 0.267 e. The van der Waals surface area contributed by atoms with Crippen LogP contribution in [0.15, 0.2) is 0 Å². The number of nitrogen functional groups attached to an aromatic ring is 1. The molecule has 3 N–H and O–H groups in total. The van der Waals surface area contributed by atoms with E-state index in [9.17, 15) is 9.59 Å². The maximum atomic E-state index is 12.6. The molecular formula is C13H21N5O2S. The van der Waals surface area contributed by atoms with Crippen LogP contribution < -0.4 is 11.1 Å². The molecule has 0 bridgehead atoms. The summed E-state index contributed by atoms with van der Waals surface area (Å²) < 4.78 is 0. The number of hydrogen-bond donors (Lipinski definition) is 2. The molecule has 0 atom stereocenters. The van der Waals surface area contributed by atoms with Gasteiger partial charge >= 0.3 is 0 Å².